The van der Waals surface area contributed by atoms with Gasteiger partial charge in [0.2, 0.25) is 5.12 Å². The fraction of sp³-hybridized carbons (Fsp3) is 0.167. The van der Waals surface area contributed by atoms with Gasteiger partial charge in [0.1, 0.15) is 0 Å². The van der Waals surface area contributed by atoms with Crippen molar-refractivity contribution in [2.75, 3.05) is 5.75 Å². The lowest BCUT2D eigenvalue weighted by molar-refractivity contribution is -0.106. The van der Waals surface area contributed by atoms with E-state index in [4.69, 9.17) is 6.42 Å². The molecule has 0 amide bonds. The van der Waals surface area contributed by atoms with Crippen LogP contribution in [0.5, 0.6) is 0 Å². The van der Waals surface area contributed by atoms with Gasteiger partial charge in [0.15, 0.2) is 0 Å². The third kappa shape index (κ3) is 0.932. The van der Waals surface area contributed by atoms with Gasteiger partial charge in [0, 0.05) is 17.4 Å². The molecule has 0 aromatic carbocycles. The molecular weight excluding hydrogens is 120 g/mol. The standard InChI is InChI=1S/C6H4OS/c1-2-5-3-6(7)8-4-5/h1,3H,4H2. The normalized spacial score (nSPS) is 17.9. The van der Waals surface area contributed by atoms with Crippen molar-refractivity contribution in [3.63, 3.8) is 0 Å². The summed E-state index contributed by atoms with van der Waals surface area (Å²) in [6.45, 7) is 0. The van der Waals surface area contributed by atoms with Crippen molar-refractivity contribution in [3.8, 4) is 12.3 Å². The molecule has 0 saturated carbocycles. The van der Waals surface area contributed by atoms with Crippen LogP contribution in [0.1, 0.15) is 0 Å². The number of hydrogen-bond acceptors (Lipinski definition) is 2. The summed E-state index contributed by atoms with van der Waals surface area (Å²) in [7, 11) is 0. The Morgan fingerprint density at radius 3 is 2.88 bits per heavy atom. The highest BCUT2D eigenvalue weighted by Crippen LogP contribution is 2.17. The Labute approximate surface area is 52.2 Å². The lowest BCUT2D eigenvalue weighted by Crippen LogP contribution is -1.72. The molecule has 0 spiro atoms. The fourth-order valence-corrected chi connectivity index (χ4v) is 1.15. The maximum atomic E-state index is 10.4. The molecule has 0 fully saturated rings. The first-order valence-electron chi connectivity index (χ1n) is 2.17. The highest BCUT2D eigenvalue weighted by Gasteiger charge is 2.08. The van der Waals surface area contributed by atoms with E-state index in [-0.39, 0.29) is 5.12 Å². The van der Waals surface area contributed by atoms with Crippen molar-refractivity contribution in [3.05, 3.63) is 11.6 Å². The quantitative estimate of drug-likeness (QED) is 0.445. The summed E-state index contributed by atoms with van der Waals surface area (Å²) < 4.78 is 0. The van der Waals surface area contributed by atoms with Crippen molar-refractivity contribution in [1.82, 2.24) is 0 Å². The Morgan fingerprint density at radius 2 is 2.62 bits per heavy atom. The summed E-state index contributed by atoms with van der Waals surface area (Å²) in [5, 5.41) is 0.0814. The summed E-state index contributed by atoms with van der Waals surface area (Å²) in [6, 6.07) is 0. The minimum atomic E-state index is 0.0814. The van der Waals surface area contributed by atoms with Crippen LogP contribution in [0.4, 0.5) is 0 Å². The fourth-order valence-electron chi connectivity index (χ4n) is 0.458. The minimum Gasteiger partial charge on any atom is -0.282 e. The molecule has 40 valence electrons. The molecule has 1 nitrogen and oxygen atoms in total. The van der Waals surface area contributed by atoms with Gasteiger partial charge in [0.05, 0.1) is 0 Å². The third-order valence-corrected chi connectivity index (χ3v) is 1.71. The number of terminal acetylenes is 1. The van der Waals surface area contributed by atoms with Crippen LogP contribution >= 0.6 is 11.8 Å². The lowest BCUT2D eigenvalue weighted by Gasteiger charge is -1.78. The molecule has 0 aromatic rings. The number of carbonyl (C=O) groups excluding carboxylic acids is 1. The minimum absolute atomic E-state index is 0.0814. The molecule has 0 radical (unpaired) electrons. The predicted octanol–water partition coefficient (Wildman–Crippen LogP) is 0.819. The van der Waals surface area contributed by atoms with Gasteiger partial charge in [0.25, 0.3) is 0 Å². The zero-order valence-electron chi connectivity index (χ0n) is 4.18. The van der Waals surface area contributed by atoms with Crippen LogP contribution in [0.15, 0.2) is 11.6 Å². The van der Waals surface area contributed by atoms with E-state index in [9.17, 15) is 4.79 Å². The van der Waals surface area contributed by atoms with Crippen molar-refractivity contribution >= 4 is 16.9 Å². The van der Waals surface area contributed by atoms with E-state index in [1.54, 1.807) is 0 Å². The van der Waals surface area contributed by atoms with E-state index in [0.717, 1.165) is 5.57 Å². The van der Waals surface area contributed by atoms with Gasteiger partial charge < -0.3 is 0 Å². The summed E-state index contributed by atoms with van der Waals surface area (Å²) in [5.74, 6) is 3.10. The molecule has 1 heterocycles. The molecule has 0 aliphatic carbocycles. The second-order valence-electron chi connectivity index (χ2n) is 1.42. The van der Waals surface area contributed by atoms with Gasteiger partial charge in [-0.15, -0.1) is 6.42 Å². The Bertz CT molecular complexity index is 185. The summed E-state index contributed by atoms with van der Waals surface area (Å²) in [6.07, 6.45) is 6.52. The van der Waals surface area contributed by atoms with E-state index in [2.05, 4.69) is 5.92 Å². The molecule has 1 aliphatic rings. The topological polar surface area (TPSA) is 17.1 Å². The molecule has 2 heteroatoms. The molecule has 0 unspecified atom stereocenters. The van der Waals surface area contributed by atoms with Crippen LogP contribution in [0.25, 0.3) is 0 Å². The maximum absolute atomic E-state index is 10.4. The number of carbonyl (C=O) groups is 1. The Kier molecular flexibility index (Phi) is 1.40. The monoisotopic (exact) mass is 124 g/mol. The van der Waals surface area contributed by atoms with Crippen LogP contribution < -0.4 is 0 Å². The van der Waals surface area contributed by atoms with Gasteiger partial charge >= 0.3 is 0 Å². The van der Waals surface area contributed by atoms with E-state index in [0.29, 0.717) is 5.75 Å². The molecule has 0 bridgehead atoms. The zero-order chi connectivity index (χ0) is 5.98. The first-order chi connectivity index (χ1) is 3.83. The predicted molar refractivity (Wildman–Crippen MR) is 34.4 cm³/mol. The van der Waals surface area contributed by atoms with Crippen LogP contribution in [-0.4, -0.2) is 10.9 Å². The highest BCUT2D eigenvalue weighted by molar-refractivity contribution is 8.14. The van der Waals surface area contributed by atoms with Gasteiger partial charge in [-0.25, -0.2) is 0 Å². The summed E-state index contributed by atoms with van der Waals surface area (Å²) >= 11 is 1.26. The van der Waals surface area contributed by atoms with E-state index >= 15 is 0 Å². The molecule has 0 aromatic heterocycles. The van der Waals surface area contributed by atoms with Gasteiger partial charge in [-0.2, -0.15) is 0 Å². The average Bonchev–Trinajstić information content (AvgIpc) is 2.14. The van der Waals surface area contributed by atoms with Crippen LogP contribution in [0.2, 0.25) is 0 Å². The second-order valence-corrected chi connectivity index (χ2v) is 2.40. The van der Waals surface area contributed by atoms with E-state index in [1.165, 1.54) is 17.8 Å². The van der Waals surface area contributed by atoms with Crippen LogP contribution in [-0.2, 0) is 4.79 Å². The SMILES string of the molecule is C#CC1=CC(=O)SC1. The summed E-state index contributed by atoms with van der Waals surface area (Å²) in [4.78, 5) is 10.4. The Hall–Kier alpha value is -0.680. The van der Waals surface area contributed by atoms with E-state index < -0.39 is 0 Å². The highest BCUT2D eigenvalue weighted by atomic mass is 32.2. The molecule has 1 aliphatic heterocycles. The molecular formula is C6H4OS. The smallest absolute Gasteiger partial charge is 0.213 e. The lowest BCUT2D eigenvalue weighted by atomic mass is 10.3. The Morgan fingerprint density at radius 1 is 1.88 bits per heavy atom. The average molecular weight is 124 g/mol. The molecule has 1 rings (SSSR count). The first kappa shape index (κ1) is 5.46. The number of hydrogen-bond donors (Lipinski definition) is 0. The van der Waals surface area contributed by atoms with E-state index in [1.807, 2.05) is 0 Å². The van der Waals surface area contributed by atoms with Crippen molar-refractivity contribution in [1.29, 1.82) is 0 Å². The van der Waals surface area contributed by atoms with Crippen LogP contribution in [0.3, 0.4) is 0 Å². The molecule has 8 heavy (non-hydrogen) atoms. The number of rotatable bonds is 0. The molecule has 0 atom stereocenters. The third-order valence-electron chi connectivity index (χ3n) is 0.847. The molecule has 0 N–H and O–H groups in total. The second kappa shape index (κ2) is 2.06. The largest absolute Gasteiger partial charge is 0.282 e. The van der Waals surface area contributed by atoms with Crippen molar-refractivity contribution in [2.24, 2.45) is 0 Å². The van der Waals surface area contributed by atoms with Gasteiger partial charge in [-0.1, -0.05) is 17.7 Å². The van der Waals surface area contributed by atoms with Crippen LogP contribution in [0, 0.1) is 12.3 Å². The Balaban J connectivity index is 2.75. The molecule has 0 saturated heterocycles. The van der Waals surface area contributed by atoms with Crippen molar-refractivity contribution < 1.29 is 4.79 Å². The number of thioether (sulfide) groups is 1. The summed E-state index contributed by atoms with van der Waals surface area (Å²) in [5.41, 5.74) is 0.806. The maximum Gasteiger partial charge on any atom is 0.213 e. The van der Waals surface area contributed by atoms with Crippen molar-refractivity contribution in [2.45, 2.75) is 0 Å². The first-order valence-corrected chi connectivity index (χ1v) is 3.15. The van der Waals surface area contributed by atoms with Gasteiger partial charge in [-0.3, -0.25) is 4.79 Å². The van der Waals surface area contributed by atoms with Gasteiger partial charge in [-0.05, 0) is 0 Å². The zero-order valence-corrected chi connectivity index (χ0v) is 4.99.